The smallest absolute Gasteiger partial charge is 0.217 e. The van der Waals surface area contributed by atoms with Crippen LogP contribution in [0.15, 0.2) is 65.8 Å². The van der Waals surface area contributed by atoms with Gasteiger partial charge in [-0.05, 0) is 30.3 Å². The first-order valence-electron chi connectivity index (χ1n) is 10.3. The molecule has 5 rings (SSSR count). The van der Waals surface area contributed by atoms with Crippen molar-refractivity contribution >= 4 is 5.71 Å². The monoisotopic (exact) mass is 432 g/mol. The number of nitrogens with zero attached hydrogens (tertiary/aromatic N) is 2. The summed E-state index contributed by atoms with van der Waals surface area (Å²) in [6.07, 6.45) is 0.0730. The highest BCUT2D eigenvalue weighted by Crippen LogP contribution is 2.52. The summed E-state index contributed by atoms with van der Waals surface area (Å²) in [5.74, 6) is 2.88. The second-order valence-electron chi connectivity index (χ2n) is 7.62. The van der Waals surface area contributed by atoms with Crippen molar-refractivity contribution in [2.75, 3.05) is 21.3 Å². The van der Waals surface area contributed by atoms with Crippen LogP contribution in [0.25, 0.3) is 0 Å². The predicted molar refractivity (Wildman–Crippen MR) is 120 cm³/mol. The summed E-state index contributed by atoms with van der Waals surface area (Å²) in [4.78, 5) is 0. The lowest BCUT2D eigenvalue weighted by Gasteiger charge is -2.39. The van der Waals surface area contributed by atoms with Gasteiger partial charge in [-0.2, -0.15) is 5.10 Å². The van der Waals surface area contributed by atoms with Gasteiger partial charge < -0.3 is 24.1 Å². The molecule has 0 unspecified atom stereocenters. The molecular weight excluding hydrogens is 408 g/mol. The number of phenolic OH excluding ortho intramolecular Hbond substituents is 1. The first kappa shape index (κ1) is 20.1. The van der Waals surface area contributed by atoms with Gasteiger partial charge in [-0.3, -0.25) is 0 Å². The number of fused-ring (bicyclic) bond motifs is 3. The molecule has 0 saturated carbocycles. The fourth-order valence-electron chi connectivity index (χ4n) is 4.35. The summed E-state index contributed by atoms with van der Waals surface area (Å²) in [5, 5.41) is 17.3. The molecule has 0 fully saturated rings. The van der Waals surface area contributed by atoms with Crippen molar-refractivity contribution in [1.82, 2.24) is 5.01 Å². The minimum atomic E-state index is -0.548. The third-order valence-corrected chi connectivity index (χ3v) is 5.92. The number of methoxy groups -OCH3 is 3. The average Bonchev–Trinajstić information content (AvgIpc) is 3.28. The number of ether oxygens (including phenoxy) is 4. The zero-order valence-corrected chi connectivity index (χ0v) is 18.1. The van der Waals surface area contributed by atoms with Crippen LogP contribution in [0, 0.1) is 0 Å². The van der Waals surface area contributed by atoms with E-state index in [-0.39, 0.29) is 11.8 Å². The molecule has 3 aromatic carbocycles. The van der Waals surface area contributed by atoms with Crippen LogP contribution in [-0.2, 0) is 0 Å². The van der Waals surface area contributed by atoms with Crippen molar-refractivity contribution in [3.05, 3.63) is 77.4 Å². The first-order valence-corrected chi connectivity index (χ1v) is 10.3. The lowest BCUT2D eigenvalue weighted by Crippen LogP contribution is -2.34. The number of rotatable bonds is 5. The Balaban J connectivity index is 1.66. The van der Waals surface area contributed by atoms with Crippen molar-refractivity contribution in [3.8, 4) is 28.7 Å². The molecular formula is C25H24N2O5. The summed E-state index contributed by atoms with van der Waals surface area (Å²) in [7, 11) is 4.87. The summed E-state index contributed by atoms with van der Waals surface area (Å²) >= 11 is 0. The number of aromatic hydroxyl groups is 1. The number of para-hydroxylation sites is 2. The lowest BCUT2D eigenvalue weighted by atomic mass is 9.95. The molecule has 0 aromatic heterocycles. The Morgan fingerprint density at radius 2 is 1.72 bits per heavy atom. The van der Waals surface area contributed by atoms with E-state index in [0.29, 0.717) is 35.0 Å². The van der Waals surface area contributed by atoms with E-state index < -0.39 is 6.23 Å². The van der Waals surface area contributed by atoms with E-state index in [1.165, 1.54) is 0 Å². The topological polar surface area (TPSA) is 72.8 Å². The van der Waals surface area contributed by atoms with E-state index in [1.54, 1.807) is 33.5 Å². The molecule has 2 atom stereocenters. The summed E-state index contributed by atoms with van der Waals surface area (Å²) < 4.78 is 23.1. The van der Waals surface area contributed by atoms with Gasteiger partial charge in [-0.25, -0.2) is 5.01 Å². The Labute approximate surface area is 186 Å². The van der Waals surface area contributed by atoms with Crippen LogP contribution in [0.2, 0.25) is 0 Å². The maximum absolute atomic E-state index is 10.4. The molecule has 3 aromatic rings. The maximum atomic E-state index is 10.4. The predicted octanol–water partition coefficient (Wildman–Crippen LogP) is 4.66. The van der Waals surface area contributed by atoms with E-state index in [0.717, 1.165) is 16.8 Å². The quantitative estimate of drug-likeness (QED) is 0.632. The highest BCUT2D eigenvalue weighted by atomic mass is 16.5. The Morgan fingerprint density at radius 1 is 0.906 bits per heavy atom. The van der Waals surface area contributed by atoms with Gasteiger partial charge in [-0.15, -0.1) is 0 Å². The summed E-state index contributed by atoms with van der Waals surface area (Å²) in [6.45, 7) is 0. The Kier molecular flexibility index (Phi) is 5.01. The van der Waals surface area contributed by atoms with Crippen LogP contribution in [0.5, 0.6) is 28.7 Å². The van der Waals surface area contributed by atoms with Crippen LogP contribution in [0.4, 0.5) is 0 Å². The number of hydrogen-bond acceptors (Lipinski definition) is 7. The molecule has 0 bridgehead atoms. The third kappa shape index (κ3) is 3.17. The van der Waals surface area contributed by atoms with Gasteiger partial charge in [-0.1, -0.05) is 24.3 Å². The van der Waals surface area contributed by atoms with Crippen molar-refractivity contribution in [1.29, 1.82) is 0 Å². The van der Waals surface area contributed by atoms with Gasteiger partial charge in [0.15, 0.2) is 11.5 Å². The van der Waals surface area contributed by atoms with Gasteiger partial charge in [0, 0.05) is 23.6 Å². The first-order chi connectivity index (χ1) is 15.6. The van der Waals surface area contributed by atoms with Crippen molar-refractivity contribution < 1.29 is 24.1 Å². The van der Waals surface area contributed by atoms with Crippen LogP contribution < -0.4 is 18.9 Å². The van der Waals surface area contributed by atoms with E-state index in [1.807, 2.05) is 53.5 Å². The van der Waals surface area contributed by atoms with E-state index in [4.69, 9.17) is 24.0 Å². The SMILES string of the molecule is COc1ccc([C@H]2Oc3c(OC)cccc3[C@H]3CC(c4ccccc4O)=NN32)c(OC)c1. The molecule has 0 radical (unpaired) electrons. The maximum Gasteiger partial charge on any atom is 0.217 e. The van der Waals surface area contributed by atoms with Crippen molar-refractivity contribution in [3.63, 3.8) is 0 Å². The molecule has 2 aliphatic heterocycles. The Hall–Kier alpha value is -3.87. The van der Waals surface area contributed by atoms with Crippen molar-refractivity contribution in [2.24, 2.45) is 5.10 Å². The van der Waals surface area contributed by atoms with E-state index in [2.05, 4.69) is 0 Å². The Morgan fingerprint density at radius 3 is 2.47 bits per heavy atom. The molecule has 2 aliphatic rings. The average molecular weight is 432 g/mol. The molecule has 0 saturated heterocycles. The lowest BCUT2D eigenvalue weighted by molar-refractivity contribution is -0.0222. The van der Waals surface area contributed by atoms with Gasteiger partial charge in [0.2, 0.25) is 6.23 Å². The third-order valence-electron chi connectivity index (χ3n) is 5.92. The molecule has 0 aliphatic carbocycles. The van der Waals surface area contributed by atoms with Gasteiger partial charge >= 0.3 is 0 Å². The summed E-state index contributed by atoms with van der Waals surface area (Å²) in [5.41, 5.74) is 3.32. The molecule has 164 valence electrons. The fraction of sp³-hybridized carbons (Fsp3) is 0.240. The van der Waals surface area contributed by atoms with Crippen LogP contribution in [0.1, 0.15) is 35.4 Å². The number of benzene rings is 3. The second kappa shape index (κ2) is 8.00. The van der Waals surface area contributed by atoms with Crippen LogP contribution in [0.3, 0.4) is 0 Å². The zero-order valence-electron chi connectivity index (χ0n) is 18.1. The fourth-order valence-corrected chi connectivity index (χ4v) is 4.35. The minimum absolute atomic E-state index is 0.0831. The highest BCUT2D eigenvalue weighted by Gasteiger charge is 2.43. The van der Waals surface area contributed by atoms with E-state index in [9.17, 15) is 5.11 Å². The van der Waals surface area contributed by atoms with Crippen molar-refractivity contribution in [2.45, 2.75) is 18.7 Å². The highest BCUT2D eigenvalue weighted by molar-refractivity contribution is 6.04. The molecule has 1 N–H and O–H groups in total. The standard InChI is InChI=1S/C25H24N2O5/c1-29-15-11-12-18(23(13-15)31-3)25-27-20(17-8-6-10-22(30-2)24(17)32-25)14-19(26-27)16-7-4-5-9-21(16)28/h4-13,20,25,28H,14H2,1-3H3/t20-,25-/m1/s1. The van der Waals surface area contributed by atoms with Gasteiger partial charge in [0.1, 0.15) is 17.2 Å². The van der Waals surface area contributed by atoms with Crippen LogP contribution in [-0.4, -0.2) is 37.2 Å². The number of hydrogen-bond donors (Lipinski definition) is 1. The largest absolute Gasteiger partial charge is 0.507 e. The summed E-state index contributed by atoms with van der Waals surface area (Å²) in [6, 6.07) is 18.7. The molecule has 0 spiro atoms. The minimum Gasteiger partial charge on any atom is -0.507 e. The van der Waals surface area contributed by atoms with E-state index >= 15 is 0 Å². The second-order valence-corrected chi connectivity index (χ2v) is 7.62. The van der Waals surface area contributed by atoms with Gasteiger partial charge in [0.05, 0.1) is 38.6 Å². The molecule has 0 amide bonds. The molecule has 7 heteroatoms. The Bertz CT molecular complexity index is 1190. The number of hydrazone groups is 1. The molecule has 2 heterocycles. The van der Waals surface area contributed by atoms with Gasteiger partial charge in [0.25, 0.3) is 0 Å². The number of phenols is 1. The zero-order chi connectivity index (χ0) is 22.2. The molecule has 7 nitrogen and oxygen atoms in total. The normalized spacial score (nSPS) is 18.8. The van der Waals surface area contributed by atoms with Crippen LogP contribution >= 0.6 is 0 Å². The molecule has 32 heavy (non-hydrogen) atoms.